The Morgan fingerprint density at radius 3 is 2.90 bits per heavy atom. The number of hydrogen-bond acceptors (Lipinski definition) is 6. The first-order valence-electron chi connectivity index (χ1n) is 7.34. The molecule has 0 aromatic carbocycles. The van der Waals surface area contributed by atoms with Gasteiger partial charge < -0.3 is 14.6 Å². The summed E-state index contributed by atoms with van der Waals surface area (Å²) in [6, 6.07) is 3.81. The van der Waals surface area contributed by atoms with Crippen LogP contribution in [0.5, 0.6) is 5.88 Å². The molecule has 1 N–H and O–H groups in total. The van der Waals surface area contributed by atoms with Crippen molar-refractivity contribution in [2.24, 2.45) is 5.92 Å². The molecular formula is C15H20N4O2. The van der Waals surface area contributed by atoms with E-state index in [1.807, 2.05) is 12.1 Å². The Morgan fingerprint density at radius 2 is 2.19 bits per heavy atom. The van der Waals surface area contributed by atoms with Gasteiger partial charge in [0.2, 0.25) is 11.8 Å². The van der Waals surface area contributed by atoms with Crippen molar-refractivity contribution in [3.63, 3.8) is 0 Å². The molecular weight excluding hydrogens is 268 g/mol. The highest BCUT2D eigenvalue weighted by Gasteiger charge is 2.17. The average Bonchev–Trinajstić information content (AvgIpc) is 2.96. The van der Waals surface area contributed by atoms with E-state index in [9.17, 15) is 0 Å². The van der Waals surface area contributed by atoms with Crippen LogP contribution in [0.25, 0.3) is 0 Å². The fourth-order valence-electron chi connectivity index (χ4n) is 2.60. The third-order valence-electron chi connectivity index (χ3n) is 3.80. The number of aromatic nitrogens is 3. The van der Waals surface area contributed by atoms with Crippen molar-refractivity contribution in [2.75, 3.05) is 20.2 Å². The van der Waals surface area contributed by atoms with Gasteiger partial charge >= 0.3 is 0 Å². The largest absolute Gasteiger partial charge is 0.481 e. The monoisotopic (exact) mass is 288 g/mol. The lowest BCUT2D eigenvalue weighted by Gasteiger charge is -2.20. The van der Waals surface area contributed by atoms with Gasteiger partial charge in [0.15, 0.2) is 5.82 Å². The first-order valence-corrected chi connectivity index (χ1v) is 7.34. The van der Waals surface area contributed by atoms with Crippen LogP contribution < -0.4 is 10.1 Å². The summed E-state index contributed by atoms with van der Waals surface area (Å²) < 4.78 is 10.4. The van der Waals surface area contributed by atoms with Gasteiger partial charge in [-0.2, -0.15) is 4.98 Å². The quantitative estimate of drug-likeness (QED) is 0.901. The first kappa shape index (κ1) is 14.0. The molecule has 0 radical (unpaired) electrons. The summed E-state index contributed by atoms with van der Waals surface area (Å²) in [6.45, 7) is 2.17. The van der Waals surface area contributed by atoms with E-state index < -0.39 is 0 Å². The van der Waals surface area contributed by atoms with Gasteiger partial charge in [-0.15, -0.1) is 0 Å². The Hall–Kier alpha value is -1.95. The van der Waals surface area contributed by atoms with Gasteiger partial charge in [-0.05, 0) is 37.4 Å². The standard InChI is InChI=1S/C15H20N4O2/c1-20-14-3-2-12(10-17-14)8-13-18-15(21-19-13)9-11-4-6-16-7-5-11/h2-3,10-11,16H,4-9H2,1H3. The molecule has 1 aliphatic rings. The number of nitrogens with one attached hydrogen (secondary N) is 1. The van der Waals surface area contributed by atoms with Gasteiger partial charge in [0.05, 0.1) is 7.11 Å². The van der Waals surface area contributed by atoms with E-state index in [-0.39, 0.29) is 0 Å². The minimum Gasteiger partial charge on any atom is -0.481 e. The van der Waals surface area contributed by atoms with E-state index in [0.717, 1.165) is 31.0 Å². The maximum Gasteiger partial charge on any atom is 0.226 e. The third kappa shape index (κ3) is 3.78. The van der Waals surface area contributed by atoms with E-state index in [0.29, 0.717) is 24.0 Å². The van der Waals surface area contributed by atoms with E-state index in [4.69, 9.17) is 9.26 Å². The lowest BCUT2D eigenvalue weighted by molar-refractivity contribution is 0.312. The second-order valence-corrected chi connectivity index (χ2v) is 5.39. The number of methoxy groups -OCH3 is 1. The van der Waals surface area contributed by atoms with Crippen LogP contribution in [0.4, 0.5) is 0 Å². The summed E-state index contributed by atoms with van der Waals surface area (Å²) in [4.78, 5) is 8.66. The van der Waals surface area contributed by atoms with Gasteiger partial charge in [0.25, 0.3) is 0 Å². The predicted molar refractivity (Wildman–Crippen MR) is 77.2 cm³/mol. The molecule has 0 bridgehead atoms. The lowest BCUT2D eigenvalue weighted by atomic mass is 9.95. The number of piperidine rings is 1. The molecule has 0 aliphatic carbocycles. The molecule has 0 amide bonds. The van der Waals surface area contributed by atoms with Gasteiger partial charge in [-0.3, -0.25) is 0 Å². The Bertz CT molecular complexity index is 561. The van der Waals surface area contributed by atoms with Gasteiger partial charge in [-0.1, -0.05) is 11.2 Å². The third-order valence-corrected chi connectivity index (χ3v) is 3.80. The number of pyridine rings is 1. The molecule has 0 atom stereocenters. The molecule has 6 heteroatoms. The molecule has 1 saturated heterocycles. The number of hydrogen-bond donors (Lipinski definition) is 1. The molecule has 112 valence electrons. The van der Waals surface area contributed by atoms with Crippen molar-refractivity contribution < 1.29 is 9.26 Å². The number of ether oxygens (including phenoxy) is 1. The highest BCUT2D eigenvalue weighted by Crippen LogP contribution is 2.17. The maximum atomic E-state index is 5.36. The van der Waals surface area contributed by atoms with Crippen LogP contribution in [0.15, 0.2) is 22.9 Å². The maximum absolute atomic E-state index is 5.36. The van der Waals surface area contributed by atoms with Crippen LogP contribution in [-0.4, -0.2) is 35.3 Å². The molecule has 2 aromatic heterocycles. The zero-order chi connectivity index (χ0) is 14.5. The molecule has 0 spiro atoms. The molecule has 0 unspecified atom stereocenters. The van der Waals surface area contributed by atoms with Gasteiger partial charge in [-0.25, -0.2) is 4.98 Å². The molecule has 3 heterocycles. The fourth-order valence-corrected chi connectivity index (χ4v) is 2.60. The summed E-state index contributed by atoms with van der Waals surface area (Å²) in [5.74, 6) is 2.73. The number of rotatable bonds is 5. The van der Waals surface area contributed by atoms with Gasteiger partial charge in [0.1, 0.15) is 0 Å². The smallest absolute Gasteiger partial charge is 0.226 e. The fraction of sp³-hybridized carbons (Fsp3) is 0.533. The van der Waals surface area contributed by atoms with E-state index in [1.165, 1.54) is 12.8 Å². The molecule has 3 rings (SSSR count). The molecule has 1 aliphatic heterocycles. The summed E-state index contributed by atoms with van der Waals surface area (Å²) in [5.41, 5.74) is 1.05. The minimum absolute atomic E-state index is 0.610. The van der Waals surface area contributed by atoms with Crippen LogP contribution in [0.2, 0.25) is 0 Å². The van der Waals surface area contributed by atoms with Crippen molar-refractivity contribution in [3.8, 4) is 5.88 Å². The second kappa shape index (κ2) is 6.67. The minimum atomic E-state index is 0.610. The molecule has 1 fully saturated rings. The Morgan fingerprint density at radius 1 is 1.33 bits per heavy atom. The topological polar surface area (TPSA) is 73.1 Å². The van der Waals surface area contributed by atoms with E-state index >= 15 is 0 Å². The molecule has 0 saturated carbocycles. The highest BCUT2D eigenvalue weighted by atomic mass is 16.5. The van der Waals surface area contributed by atoms with Crippen LogP contribution in [0.3, 0.4) is 0 Å². The summed E-state index contributed by atoms with van der Waals surface area (Å²) in [5, 5.41) is 7.42. The summed E-state index contributed by atoms with van der Waals surface area (Å²) >= 11 is 0. The van der Waals surface area contributed by atoms with E-state index in [2.05, 4.69) is 20.4 Å². The second-order valence-electron chi connectivity index (χ2n) is 5.39. The van der Waals surface area contributed by atoms with Crippen LogP contribution >= 0.6 is 0 Å². The van der Waals surface area contributed by atoms with Crippen molar-refractivity contribution in [2.45, 2.75) is 25.7 Å². The summed E-state index contributed by atoms with van der Waals surface area (Å²) in [7, 11) is 1.61. The van der Waals surface area contributed by atoms with Crippen molar-refractivity contribution in [1.29, 1.82) is 0 Å². The average molecular weight is 288 g/mol. The van der Waals surface area contributed by atoms with E-state index in [1.54, 1.807) is 13.3 Å². The van der Waals surface area contributed by atoms with Gasteiger partial charge in [0, 0.05) is 25.1 Å². The number of nitrogens with zero attached hydrogens (tertiary/aromatic N) is 3. The van der Waals surface area contributed by atoms with Crippen LogP contribution in [0.1, 0.15) is 30.1 Å². The highest BCUT2D eigenvalue weighted by molar-refractivity contribution is 5.20. The van der Waals surface area contributed by atoms with Crippen molar-refractivity contribution in [3.05, 3.63) is 35.6 Å². The van der Waals surface area contributed by atoms with Crippen LogP contribution in [0, 0.1) is 5.92 Å². The Kier molecular flexibility index (Phi) is 4.45. The molecule has 6 nitrogen and oxygen atoms in total. The lowest BCUT2D eigenvalue weighted by Crippen LogP contribution is -2.28. The predicted octanol–water partition coefficient (Wildman–Crippen LogP) is 1.61. The molecule has 21 heavy (non-hydrogen) atoms. The molecule has 2 aromatic rings. The van der Waals surface area contributed by atoms with Crippen molar-refractivity contribution >= 4 is 0 Å². The Balaban J connectivity index is 1.58. The van der Waals surface area contributed by atoms with Crippen LogP contribution in [-0.2, 0) is 12.8 Å². The zero-order valence-electron chi connectivity index (χ0n) is 12.2. The van der Waals surface area contributed by atoms with Crippen molar-refractivity contribution in [1.82, 2.24) is 20.4 Å². The Labute approximate surface area is 123 Å². The first-order chi connectivity index (χ1) is 10.3. The zero-order valence-corrected chi connectivity index (χ0v) is 12.2. The SMILES string of the molecule is COc1ccc(Cc2noc(CC3CCNCC3)n2)cn1. The summed E-state index contributed by atoms with van der Waals surface area (Å²) in [6.07, 6.45) is 5.66. The normalized spacial score (nSPS) is 16.0.